The van der Waals surface area contributed by atoms with Gasteiger partial charge in [-0.05, 0) is 31.1 Å². The fourth-order valence-electron chi connectivity index (χ4n) is 5.20. The summed E-state index contributed by atoms with van der Waals surface area (Å²) in [6.45, 7) is 10.2. The van der Waals surface area contributed by atoms with Gasteiger partial charge >= 0.3 is 0 Å². The predicted molar refractivity (Wildman–Crippen MR) is 168 cm³/mol. The second kappa shape index (κ2) is 14.7. The molecule has 0 amide bonds. The van der Waals surface area contributed by atoms with Gasteiger partial charge in [0.15, 0.2) is 0 Å². The number of aryl methyl sites for hydroxylation is 1. The Labute approximate surface area is 258 Å². The summed E-state index contributed by atoms with van der Waals surface area (Å²) in [6, 6.07) is 6.25. The number of methoxy groups -OCH3 is 1. The number of ether oxygens (including phenoxy) is 2. The van der Waals surface area contributed by atoms with Crippen LogP contribution in [0.5, 0.6) is 5.88 Å². The fraction of sp³-hybridized carbons (Fsp3) is 0.438. The molecule has 12 heteroatoms. The van der Waals surface area contributed by atoms with Gasteiger partial charge in [-0.1, -0.05) is 12.1 Å². The van der Waals surface area contributed by atoms with E-state index in [1.807, 2.05) is 56.4 Å². The van der Waals surface area contributed by atoms with Crippen molar-refractivity contribution in [3.05, 3.63) is 82.9 Å². The number of piperazine rings is 1. The first-order chi connectivity index (χ1) is 21.4. The van der Waals surface area contributed by atoms with Gasteiger partial charge in [0, 0.05) is 76.4 Å². The molecule has 0 spiro atoms. The molecule has 0 radical (unpaired) electrons. The highest BCUT2D eigenvalue weighted by Gasteiger charge is 2.22. The molecule has 0 atom stereocenters. The lowest BCUT2D eigenvalue weighted by atomic mass is 10.0. The Morgan fingerprint density at radius 1 is 1.07 bits per heavy atom. The summed E-state index contributed by atoms with van der Waals surface area (Å²) in [5, 5.41) is 18.7. The molecule has 5 rings (SSSR count). The number of hydrogen-bond acceptors (Lipinski definition) is 10. The standard InChI is InChI=1S/C32H40N10O2/c1-24(2)44-16-15-42-23-26(20-38-42)19-36-31(32-28(17-33)21-37-39(32)3)27-6-7-29(34-10-9-27)41-13-11-40(12-14-41)22-25-5-8-30(43-4)35-18-25/h5-8,10,18,20-21,23-24H,9,11-16,19,22H2,1-4H3. The molecule has 2 aliphatic heterocycles. The van der Waals surface area contributed by atoms with E-state index >= 15 is 0 Å². The van der Waals surface area contributed by atoms with Crippen molar-refractivity contribution < 1.29 is 9.47 Å². The fourth-order valence-corrected chi connectivity index (χ4v) is 5.20. The number of allylic oxidation sites excluding steroid dienone is 3. The summed E-state index contributed by atoms with van der Waals surface area (Å²) in [4.78, 5) is 18.9. The summed E-state index contributed by atoms with van der Waals surface area (Å²) >= 11 is 0. The van der Waals surface area contributed by atoms with Crippen molar-refractivity contribution in [1.82, 2.24) is 34.3 Å². The van der Waals surface area contributed by atoms with E-state index in [0.29, 0.717) is 43.3 Å². The Hall–Kier alpha value is -4.60. The number of aliphatic imine (C=N–C) groups is 2. The molecule has 0 saturated carbocycles. The van der Waals surface area contributed by atoms with Crippen LogP contribution >= 0.6 is 0 Å². The molecule has 0 aliphatic carbocycles. The predicted octanol–water partition coefficient (Wildman–Crippen LogP) is 3.37. The molecule has 1 saturated heterocycles. The molecule has 3 aromatic heterocycles. The SMILES string of the molecule is COc1ccc(CN2CCN(C3=CC=C(C(=NCc4cnn(CCOC(C)C)c4)c4c(C#N)cnn4C)CC=N3)CC2)cn1. The highest BCUT2D eigenvalue weighted by molar-refractivity contribution is 6.14. The molecule has 0 N–H and O–H groups in total. The number of rotatable bonds is 12. The molecule has 0 bridgehead atoms. The lowest BCUT2D eigenvalue weighted by molar-refractivity contribution is 0.0709. The zero-order valence-corrected chi connectivity index (χ0v) is 25.9. The summed E-state index contributed by atoms with van der Waals surface area (Å²) in [6.07, 6.45) is 14.1. The molecule has 44 heavy (non-hydrogen) atoms. The first-order valence-electron chi connectivity index (χ1n) is 14.9. The second-order valence-corrected chi connectivity index (χ2v) is 11.0. The molecule has 1 fully saturated rings. The maximum absolute atomic E-state index is 9.83. The zero-order valence-electron chi connectivity index (χ0n) is 25.9. The van der Waals surface area contributed by atoms with Gasteiger partial charge in [0.25, 0.3) is 0 Å². The minimum Gasteiger partial charge on any atom is -0.481 e. The van der Waals surface area contributed by atoms with E-state index in [4.69, 9.17) is 19.5 Å². The molecular weight excluding hydrogens is 556 g/mol. The third-order valence-corrected chi connectivity index (χ3v) is 7.54. The highest BCUT2D eigenvalue weighted by Crippen LogP contribution is 2.22. The molecule has 5 heterocycles. The van der Waals surface area contributed by atoms with Crippen molar-refractivity contribution in [3.63, 3.8) is 0 Å². The largest absolute Gasteiger partial charge is 0.481 e. The van der Waals surface area contributed by atoms with Crippen molar-refractivity contribution in [2.45, 2.75) is 46.0 Å². The number of pyridine rings is 1. The van der Waals surface area contributed by atoms with Crippen LogP contribution in [-0.4, -0.2) is 92.3 Å². The molecule has 2 aliphatic rings. The minimum absolute atomic E-state index is 0.184. The average Bonchev–Trinajstić information content (AvgIpc) is 3.56. The van der Waals surface area contributed by atoms with Crippen molar-refractivity contribution in [1.29, 1.82) is 5.26 Å². The lowest BCUT2D eigenvalue weighted by Crippen LogP contribution is -2.45. The molecule has 0 aromatic carbocycles. The Kier molecular flexibility index (Phi) is 10.3. The monoisotopic (exact) mass is 596 g/mol. The maximum atomic E-state index is 9.83. The van der Waals surface area contributed by atoms with Crippen LogP contribution in [0.1, 0.15) is 42.7 Å². The minimum atomic E-state index is 0.184. The van der Waals surface area contributed by atoms with E-state index in [-0.39, 0.29) is 6.10 Å². The maximum Gasteiger partial charge on any atom is 0.212 e. The van der Waals surface area contributed by atoms with Crippen LogP contribution in [0.15, 0.2) is 70.5 Å². The summed E-state index contributed by atoms with van der Waals surface area (Å²) < 4.78 is 14.4. The van der Waals surface area contributed by atoms with Crippen LogP contribution in [0, 0.1) is 11.3 Å². The Balaban J connectivity index is 1.29. The van der Waals surface area contributed by atoms with Crippen molar-refractivity contribution >= 4 is 11.9 Å². The van der Waals surface area contributed by atoms with Crippen LogP contribution in [0.25, 0.3) is 0 Å². The van der Waals surface area contributed by atoms with E-state index in [9.17, 15) is 5.26 Å². The van der Waals surface area contributed by atoms with Crippen LogP contribution in [-0.2, 0) is 31.4 Å². The van der Waals surface area contributed by atoms with Crippen molar-refractivity contribution in [3.8, 4) is 11.9 Å². The summed E-state index contributed by atoms with van der Waals surface area (Å²) in [5.41, 5.74) is 5.05. The highest BCUT2D eigenvalue weighted by atomic mass is 16.5. The van der Waals surface area contributed by atoms with E-state index in [0.717, 1.165) is 55.4 Å². The van der Waals surface area contributed by atoms with E-state index in [1.54, 1.807) is 18.0 Å². The Morgan fingerprint density at radius 2 is 1.91 bits per heavy atom. The Morgan fingerprint density at radius 3 is 2.64 bits per heavy atom. The van der Waals surface area contributed by atoms with Crippen LogP contribution in [0.2, 0.25) is 0 Å². The average molecular weight is 597 g/mol. The van der Waals surface area contributed by atoms with E-state index in [1.165, 1.54) is 5.56 Å². The lowest BCUT2D eigenvalue weighted by Gasteiger charge is -2.35. The van der Waals surface area contributed by atoms with Gasteiger partial charge < -0.3 is 14.4 Å². The van der Waals surface area contributed by atoms with E-state index in [2.05, 4.69) is 49.3 Å². The third-order valence-electron chi connectivity index (χ3n) is 7.54. The van der Waals surface area contributed by atoms with Crippen LogP contribution < -0.4 is 4.74 Å². The van der Waals surface area contributed by atoms with Crippen molar-refractivity contribution in [2.24, 2.45) is 17.0 Å². The first kappa shape index (κ1) is 30.8. The number of aromatic nitrogens is 5. The summed E-state index contributed by atoms with van der Waals surface area (Å²) in [7, 11) is 3.47. The summed E-state index contributed by atoms with van der Waals surface area (Å²) in [5.74, 6) is 1.56. The van der Waals surface area contributed by atoms with Gasteiger partial charge in [0.05, 0.1) is 56.6 Å². The van der Waals surface area contributed by atoms with Gasteiger partial charge in [-0.2, -0.15) is 15.5 Å². The quantitative estimate of drug-likeness (QED) is 0.292. The number of hydrogen-bond donors (Lipinski definition) is 0. The molecule has 230 valence electrons. The Bertz CT molecular complexity index is 1560. The number of nitrogens with zero attached hydrogens (tertiary/aromatic N) is 10. The normalized spacial score (nSPS) is 16.1. The molecule has 3 aromatic rings. The van der Waals surface area contributed by atoms with Crippen LogP contribution in [0.4, 0.5) is 0 Å². The molecular formula is C32H40N10O2. The zero-order chi connectivity index (χ0) is 30.9. The second-order valence-electron chi connectivity index (χ2n) is 11.0. The topological polar surface area (TPSA) is 122 Å². The van der Waals surface area contributed by atoms with Gasteiger partial charge in [-0.15, -0.1) is 0 Å². The van der Waals surface area contributed by atoms with Gasteiger partial charge in [-0.3, -0.25) is 19.3 Å². The first-order valence-corrected chi connectivity index (χ1v) is 14.9. The van der Waals surface area contributed by atoms with Crippen molar-refractivity contribution in [2.75, 3.05) is 39.9 Å². The molecule has 12 nitrogen and oxygen atoms in total. The van der Waals surface area contributed by atoms with Gasteiger partial charge in [0.1, 0.15) is 17.6 Å². The molecule has 0 unspecified atom stereocenters. The van der Waals surface area contributed by atoms with Gasteiger partial charge in [-0.25, -0.2) is 9.98 Å². The van der Waals surface area contributed by atoms with E-state index < -0.39 is 0 Å². The van der Waals surface area contributed by atoms with Crippen LogP contribution in [0.3, 0.4) is 0 Å². The smallest absolute Gasteiger partial charge is 0.212 e. The number of nitriles is 1. The third kappa shape index (κ3) is 7.86. The van der Waals surface area contributed by atoms with Gasteiger partial charge in [0.2, 0.25) is 5.88 Å².